The molecule has 0 aliphatic carbocycles. The number of nitrogens with zero attached hydrogens (tertiary/aromatic N) is 1. The van der Waals surface area contributed by atoms with E-state index >= 15 is 0 Å². The smallest absolute Gasteiger partial charge is 0.259 e. The number of rotatable bonds is 1. The summed E-state index contributed by atoms with van der Waals surface area (Å²) in [4.78, 5) is 22.6. The molecule has 4 rings (SSSR count). The standard InChI is InChI=1S/C16H11N3O/c20-16-13-7-10-3-1-2-4-11(10)8-14(13)18-15(19-16)12-5-6-17-9-12/h1-9,17H,(H,18,19,20). The molecule has 0 saturated heterocycles. The van der Waals surface area contributed by atoms with E-state index in [-0.39, 0.29) is 5.56 Å². The Bertz CT molecular complexity index is 968. The number of benzene rings is 2. The Balaban J connectivity index is 2.09. The zero-order chi connectivity index (χ0) is 13.5. The number of H-pyrrole nitrogens is 2. The Hall–Kier alpha value is -2.88. The summed E-state index contributed by atoms with van der Waals surface area (Å²) in [6.45, 7) is 0. The van der Waals surface area contributed by atoms with Gasteiger partial charge >= 0.3 is 0 Å². The third kappa shape index (κ3) is 1.62. The topological polar surface area (TPSA) is 61.5 Å². The highest BCUT2D eigenvalue weighted by atomic mass is 16.1. The van der Waals surface area contributed by atoms with Crippen molar-refractivity contribution in [1.29, 1.82) is 0 Å². The molecular weight excluding hydrogens is 250 g/mol. The third-order valence-corrected chi connectivity index (χ3v) is 3.44. The molecule has 96 valence electrons. The fraction of sp³-hybridized carbons (Fsp3) is 0. The van der Waals surface area contributed by atoms with Crippen molar-refractivity contribution >= 4 is 21.7 Å². The van der Waals surface area contributed by atoms with Crippen LogP contribution in [0.25, 0.3) is 33.1 Å². The zero-order valence-electron chi connectivity index (χ0n) is 10.6. The van der Waals surface area contributed by atoms with Crippen molar-refractivity contribution in [3.8, 4) is 11.4 Å². The first-order valence-electron chi connectivity index (χ1n) is 6.37. The molecule has 4 aromatic rings. The lowest BCUT2D eigenvalue weighted by Crippen LogP contribution is -2.09. The van der Waals surface area contributed by atoms with E-state index in [0.717, 1.165) is 16.3 Å². The van der Waals surface area contributed by atoms with Crippen molar-refractivity contribution < 1.29 is 0 Å². The van der Waals surface area contributed by atoms with Crippen molar-refractivity contribution in [3.05, 3.63) is 65.2 Å². The molecule has 2 N–H and O–H groups in total. The highest BCUT2D eigenvalue weighted by Crippen LogP contribution is 2.21. The van der Waals surface area contributed by atoms with E-state index in [4.69, 9.17) is 0 Å². The zero-order valence-corrected chi connectivity index (χ0v) is 10.6. The molecule has 0 radical (unpaired) electrons. The number of hydrogen-bond acceptors (Lipinski definition) is 2. The van der Waals surface area contributed by atoms with Gasteiger partial charge in [-0.1, -0.05) is 24.3 Å². The summed E-state index contributed by atoms with van der Waals surface area (Å²) in [6, 6.07) is 13.7. The van der Waals surface area contributed by atoms with Gasteiger partial charge in [0, 0.05) is 18.0 Å². The number of aromatic nitrogens is 3. The Kier molecular flexibility index (Phi) is 2.23. The summed E-state index contributed by atoms with van der Waals surface area (Å²) < 4.78 is 0. The molecule has 0 bridgehead atoms. The Morgan fingerprint density at radius 3 is 2.55 bits per heavy atom. The third-order valence-electron chi connectivity index (χ3n) is 3.44. The number of nitrogens with one attached hydrogen (secondary N) is 2. The molecule has 20 heavy (non-hydrogen) atoms. The van der Waals surface area contributed by atoms with Gasteiger partial charge in [-0.15, -0.1) is 0 Å². The molecule has 2 aromatic heterocycles. The first kappa shape index (κ1) is 11.0. The van der Waals surface area contributed by atoms with E-state index in [1.54, 1.807) is 6.20 Å². The lowest BCUT2D eigenvalue weighted by atomic mass is 10.1. The van der Waals surface area contributed by atoms with Gasteiger partial charge in [0.1, 0.15) is 5.82 Å². The summed E-state index contributed by atoms with van der Waals surface area (Å²) >= 11 is 0. The van der Waals surface area contributed by atoms with E-state index in [1.165, 1.54) is 0 Å². The maximum atomic E-state index is 12.2. The van der Waals surface area contributed by atoms with Crippen LogP contribution in [0, 0.1) is 0 Å². The largest absolute Gasteiger partial charge is 0.367 e. The summed E-state index contributed by atoms with van der Waals surface area (Å²) in [5.74, 6) is 0.582. The van der Waals surface area contributed by atoms with E-state index in [1.807, 2.05) is 48.7 Å². The van der Waals surface area contributed by atoms with Crippen molar-refractivity contribution in [3.63, 3.8) is 0 Å². The van der Waals surface area contributed by atoms with Crippen LogP contribution in [0.5, 0.6) is 0 Å². The van der Waals surface area contributed by atoms with Crippen LogP contribution in [0.3, 0.4) is 0 Å². The SMILES string of the molecule is O=c1[nH]c(-c2cc[nH]c2)nc2cc3ccccc3cc12. The van der Waals surface area contributed by atoms with Gasteiger partial charge in [-0.3, -0.25) is 4.79 Å². The van der Waals surface area contributed by atoms with E-state index in [9.17, 15) is 4.79 Å². The molecule has 4 nitrogen and oxygen atoms in total. The van der Waals surface area contributed by atoms with Crippen LogP contribution in [0.2, 0.25) is 0 Å². The molecule has 4 heteroatoms. The molecule has 0 amide bonds. The van der Waals surface area contributed by atoms with E-state index in [2.05, 4.69) is 15.0 Å². The van der Waals surface area contributed by atoms with Gasteiger partial charge in [0.25, 0.3) is 5.56 Å². The normalized spacial score (nSPS) is 11.2. The number of hydrogen-bond donors (Lipinski definition) is 2. The average Bonchev–Trinajstić information content (AvgIpc) is 2.99. The van der Waals surface area contributed by atoms with E-state index in [0.29, 0.717) is 16.7 Å². The predicted molar refractivity (Wildman–Crippen MR) is 79.7 cm³/mol. The van der Waals surface area contributed by atoms with Crippen molar-refractivity contribution in [1.82, 2.24) is 15.0 Å². The first-order chi connectivity index (χ1) is 9.81. The van der Waals surface area contributed by atoms with Crippen molar-refractivity contribution in [2.75, 3.05) is 0 Å². The maximum Gasteiger partial charge on any atom is 0.259 e. The maximum absolute atomic E-state index is 12.2. The molecule has 0 aliphatic heterocycles. The number of fused-ring (bicyclic) bond motifs is 2. The van der Waals surface area contributed by atoms with Crippen LogP contribution in [0.1, 0.15) is 0 Å². The molecule has 0 atom stereocenters. The second kappa shape index (κ2) is 4.06. The minimum atomic E-state index is -0.114. The molecule has 2 aromatic carbocycles. The highest BCUT2D eigenvalue weighted by Gasteiger charge is 2.07. The summed E-state index contributed by atoms with van der Waals surface area (Å²) in [5, 5.41) is 2.74. The van der Waals surface area contributed by atoms with Crippen LogP contribution in [0.4, 0.5) is 0 Å². The van der Waals surface area contributed by atoms with Gasteiger partial charge in [0.05, 0.1) is 10.9 Å². The van der Waals surface area contributed by atoms with Crippen LogP contribution in [0.15, 0.2) is 59.7 Å². The summed E-state index contributed by atoms with van der Waals surface area (Å²) in [6.07, 6.45) is 3.62. The minimum Gasteiger partial charge on any atom is -0.367 e. The van der Waals surface area contributed by atoms with Crippen LogP contribution in [-0.4, -0.2) is 15.0 Å². The Morgan fingerprint density at radius 2 is 1.80 bits per heavy atom. The Labute approximate surface area is 114 Å². The molecule has 0 saturated carbocycles. The minimum absolute atomic E-state index is 0.114. The lowest BCUT2D eigenvalue weighted by Gasteiger charge is -2.03. The molecule has 0 fully saturated rings. The number of aromatic amines is 2. The second-order valence-electron chi connectivity index (χ2n) is 4.73. The van der Waals surface area contributed by atoms with Gasteiger partial charge in [-0.2, -0.15) is 0 Å². The Morgan fingerprint density at radius 1 is 1.00 bits per heavy atom. The van der Waals surface area contributed by atoms with Gasteiger partial charge in [0.2, 0.25) is 0 Å². The highest BCUT2D eigenvalue weighted by molar-refractivity contribution is 5.96. The van der Waals surface area contributed by atoms with Gasteiger partial charge in [0.15, 0.2) is 0 Å². The van der Waals surface area contributed by atoms with Crippen molar-refractivity contribution in [2.45, 2.75) is 0 Å². The fourth-order valence-electron chi connectivity index (χ4n) is 2.43. The predicted octanol–water partition coefficient (Wildman–Crippen LogP) is 3.07. The molecule has 0 unspecified atom stereocenters. The van der Waals surface area contributed by atoms with E-state index < -0.39 is 0 Å². The van der Waals surface area contributed by atoms with Crippen molar-refractivity contribution in [2.24, 2.45) is 0 Å². The van der Waals surface area contributed by atoms with Crippen LogP contribution in [-0.2, 0) is 0 Å². The van der Waals surface area contributed by atoms with Gasteiger partial charge in [-0.25, -0.2) is 4.98 Å². The second-order valence-corrected chi connectivity index (χ2v) is 4.73. The molecule has 2 heterocycles. The monoisotopic (exact) mass is 261 g/mol. The average molecular weight is 261 g/mol. The molecular formula is C16H11N3O. The van der Waals surface area contributed by atoms with Gasteiger partial charge < -0.3 is 9.97 Å². The lowest BCUT2D eigenvalue weighted by molar-refractivity contribution is 1.18. The van der Waals surface area contributed by atoms with Gasteiger partial charge in [-0.05, 0) is 29.0 Å². The summed E-state index contributed by atoms with van der Waals surface area (Å²) in [5.41, 5.74) is 1.47. The van der Waals surface area contributed by atoms with Crippen LogP contribution >= 0.6 is 0 Å². The quantitative estimate of drug-likeness (QED) is 0.517. The first-order valence-corrected chi connectivity index (χ1v) is 6.37. The van der Waals surface area contributed by atoms with Crippen LogP contribution < -0.4 is 5.56 Å². The molecule has 0 aliphatic rings. The molecule has 0 spiro atoms. The fourth-order valence-corrected chi connectivity index (χ4v) is 2.43. The summed E-state index contributed by atoms with van der Waals surface area (Å²) in [7, 11) is 0.